The van der Waals surface area contributed by atoms with Gasteiger partial charge in [0.2, 0.25) is 5.44 Å². The van der Waals surface area contributed by atoms with Crippen LogP contribution in [0.1, 0.15) is 0 Å². The van der Waals surface area contributed by atoms with Crippen molar-refractivity contribution in [2.45, 2.75) is 5.44 Å². The number of carbonyl (C=O) groups excluding carboxylic acids is 2. The van der Waals surface area contributed by atoms with Crippen molar-refractivity contribution in [1.29, 1.82) is 0 Å². The first-order valence-corrected chi connectivity index (χ1v) is 7.14. The average molecular weight is 338 g/mol. The maximum atomic E-state index is 10.9. The molecule has 0 saturated carbocycles. The summed E-state index contributed by atoms with van der Waals surface area (Å²) in [5.74, 6) is -3.28. The van der Waals surface area contributed by atoms with Crippen molar-refractivity contribution in [3.8, 4) is 0 Å². The second-order valence-electron chi connectivity index (χ2n) is 2.82. The standard InChI is InChI=1S/C7H8O10S2.Na/c8-5(9)1-2-6(10)17-7(19(14,15)16)3-4-18(11,12)13;/h1-4,7H,(H,8,9)(H,11,12,13)(H,14,15,16);/q;+1/p-1. The van der Waals surface area contributed by atoms with Gasteiger partial charge in [0.25, 0.3) is 10.1 Å². The zero-order chi connectivity index (χ0) is 15.3. The van der Waals surface area contributed by atoms with Crippen LogP contribution in [0, 0.1) is 0 Å². The summed E-state index contributed by atoms with van der Waals surface area (Å²) in [4.78, 5) is 20.9. The van der Waals surface area contributed by atoms with Gasteiger partial charge in [0.05, 0.1) is 11.4 Å². The van der Waals surface area contributed by atoms with E-state index in [1.807, 2.05) is 0 Å². The largest absolute Gasteiger partial charge is 1.00 e. The van der Waals surface area contributed by atoms with Gasteiger partial charge in [0.15, 0.2) is 0 Å². The summed E-state index contributed by atoms with van der Waals surface area (Å²) in [6.45, 7) is 0. The van der Waals surface area contributed by atoms with Gasteiger partial charge in [-0.05, 0) is 12.2 Å². The van der Waals surface area contributed by atoms with E-state index in [0.29, 0.717) is 0 Å². The molecule has 0 radical (unpaired) electrons. The molecule has 10 nitrogen and oxygen atoms in total. The third-order valence-corrected chi connectivity index (χ3v) is 2.63. The Morgan fingerprint density at radius 3 is 1.95 bits per heavy atom. The summed E-state index contributed by atoms with van der Waals surface area (Å²) in [5, 5.41) is 9.90. The smallest absolute Gasteiger partial charge is 0.545 e. The monoisotopic (exact) mass is 338 g/mol. The van der Waals surface area contributed by atoms with E-state index >= 15 is 0 Å². The minimum Gasteiger partial charge on any atom is -0.545 e. The topological polar surface area (TPSA) is 175 Å². The number of esters is 1. The Bertz CT molecular complexity index is 614. The molecule has 0 heterocycles. The Balaban J connectivity index is 0. The number of carbonyl (C=O) groups is 2. The minimum absolute atomic E-state index is 0. The molecule has 0 aromatic rings. The van der Waals surface area contributed by atoms with Gasteiger partial charge in [-0.2, -0.15) is 16.8 Å². The number of rotatable bonds is 6. The summed E-state index contributed by atoms with van der Waals surface area (Å²) in [6.07, 6.45) is 0.653. The zero-order valence-electron chi connectivity index (χ0n) is 9.86. The normalized spacial score (nSPS) is 13.9. The number of ether oxygens (including phenoxy) is 1. The molecule has 13 heteroatoms. The number of aliphatic carboxylic acids is 1. The molecule has 0 aliphatic rings. The number of hydrogen-bond acceptors (Lipinski definition) is 8. The summed E-state index contributed by atoms with van der Waals surface area (Å²) in [6, 6.07) is 0. The van der Waals surface area contributed by atoms with Gasteiger partial charge in [-0.3, -0.25) is 9.11 Å². The Kier molecular flexibility index (Phi) is 9.16. The van der Waals surface area contributed by atoms with Gasteiger partial charge in [-0.1, -0.05) is 0 Å². The molecule has 0 bridgehead atoms. The Morgan fingerprint density at radius 1 is 1.10 bits per heavy atom. The third-order valence-electron chi connectivity index (χ3n) is 1.29. The molecule has 1 unspecified atom stereocenters. The molecule has 0 rings (SSSR count). The van der Waals surface area contributed by atoms with E-state index in [1.54, 1.807) is 0 Å². The van der Waals surface area contributed by atoms with Crippen LogP contribution in [0.15, 0.2) is 23.6 Å². The maximum Gasteiger partial charge on any atom is 1.00 e. The van der Waals surface area contributed by atoms with Gasteiger partial charge >= 0.3 is 45.6 Å². The van der Waals surface area contributed by atoms with E-state index in [4.69, 9.17) is 9.11 Å². The first-order valence-electron chi connectivity index (χ1n) is 4.13. The molecule has 0 saturated heterocycles. The zero-order valence-corrected chi connectivity index (χ0v) is 13.5. The van der Waals surface area contributed by atoms with E-state index in [9.17, 15) is 31.5 Å². The first-order chi connectivity index (χ1) is 8.42. The fraction of sp³-hybridized carbons (Fsp3) is 0.143. The van der Waals surface area contributed by atoms with Crippen LogP contribution in [0.25, 0.3) is 0 Å². The quantitative estimate of drug-likeness (QED) is 0.205. The van der Waals surface area contributed by atoms with Crippen LogP contribution in [0.3, 0.4) is 0 Å². The van der Waals surface area contributed by atoms with Crippen molar-refractivity contribution in [3.63, 3.8) is 0 Å². The van der Waals surface area contributed by atoms with Gasteiger partial charge in [0.1, 0.15) is 0 Å². The maximum absolute atomic E-state index is 10.9. The number of carboxylic acids is 1. The van der Waals surface area contributed by atoms with E-state index in [2.05, 4.69) is 4.74 Å². The van der Waals surface area contributed by atoms with Crippen LogP contribution in [-0.4, -0.2) is 43.3 Å². The molecule has 20 heavy (non-hydrogen) atoms. The molecular formula is C7H7NaO10S2. The second-order valence-corrected chi connectivity index (χ2v) is 5.61. The van der Waals surface area contributed by atoms with Crippen LogP contribution in [0.2, 0.25) is 0 Å². The van der Waals surface area contributed by atoms with Crippen molar-refractivity contribution in [3.05, 3.63) is 23.6 Å². The van der Waals surface area contributed by atoms with Crippen molar-refractivity contribution < 1.29 is 74.9 Å². The minimum atomic E-state index is -5.02. The van der Waals surface area contributed by atoms with Gasteiger partial charge < -0.3 is 14.6 Å². The number of hydrogen-bond donors (Lipinski definition) is 2. The fourth-order valence-corrected chi connectivity index (χ4v) is 1.59. The molecule has 0 fully saturated rings. The van der Waals surface area contributed by atoms with E-state index in [-0.39, 0.29) is 53.2 Å². The summed E-state index contributed by atoms with van der Waals surface area (Å²) in [7, 11) is -9.73. The van der Waals surface area contributed by atoms with Crippen LogP contribution in [-0.2, 0) is 34.6 Å². The summed E-state index contributed by atoms with van der Waals surface area (Å²) >= 11 is 0. The molecule has 0 aromatic heterocycles. The molecule has 0 amide bonds. The van der Waals surface area contributed by atoms with Crippen molar-refractivity contribution in [2.75, 3.05) is 0 Å². The molecular weight excluding hydrogens is 331 g/mol. The fourth-order valence-electron chi connectivity index (χ4n) is 0.653. The van der Waals surface area contributed by atoms with Crippen LogP contribution < -0.4 is 34.7 Å². The van der Waals surface area contributed by atoms with Crippen molar-refractivity contribution in [1.82, 2.24) is 0 Å². The predicted molar refractivity (Wildman–Crippen MR) is 56.3 cm³/mol. The molecule has 0 aliphatic carbocycles. The van der Waals surface area contributed by atoms with Gasteiger partial charge in [-0.25, -0.2) is 4.79 Å². The third kappa shape index (κ3) is 11.1. The Hall–Kier alpha value is -0.760. The predicted octanol–water partition coefficient (Wildman–Crippen LogP) is -5.54. The van der Waals surface area contributed by atoms with E-state index in [0.717, 1.165) is 0 Å². The summed E-state index contributed by atoms with van der Waals surface area (Å²) in [5.41, 5.74) is -2.44. The van der Waals surface area contributed by atoms with E-state index in [1.165, 1.54) is 0 Å². The van der Waals surface area contributed by atoms with Crippen molar-refractivity contribution >= 4 is 32.2 Å². The van der Waals surface area contributed by atoms with E-state index < -0.39 is 37.6 Å². The van der Waals surface area contributed by atoms with Crippen LogP contribution in [0.5, 0.6) is 0 Å². The molecule has 0 aliphatic heterocycles. The Morgan fingerprint density at radius 2 is 1.60 bits per heavy atom. The SMILES string of the molecule is O=C([O-])C=CC(=O)OC(C=CS(=O)(=O)O)S(=O)(=O)O.[Na+]. The Labute approximate surface area is 135 Å². The van der Waals surface area contributed by atoms with Crippen molar-refractivity contribution in [2.24, 2.45) is 0 Å². The van der Waals surface area contributed by atoms with Crippen LogP contribution in [0.4, 0.5) is 0 Å². The van der Waals surface area contributed by atoms with Crippen LogP contribution >= 0.6 is 0 Å². The average Bonchev–Trinajstić information content (AvgIpc) is 2.18. The molecule has 0 spiro atoms. The molecule has 2 N–H and O–H groups in total. The molecule has 1 atom stereocenters. The molecule has 0 aromatic carbocycles. The number of carboxylic acid groups (broad SMARTS) is 1. The summed E-state index contributed by atoms with van der Waals surface area (Å²) < 4.78 is 63.0. The first kappa shape index (κ1) is 21.5. The second kappa shape index (κ2) is 8.51. The van der Waals surface area contributed by atoms with Gasteiger partial charge in [-0.15, -0.1) is 0 Å². The molecule has 108 valence electrons. The van der Waals surface area contributed by atoms with Gasteiger partial charge in [0, 0.05) is 6.08 Å².